The SMILES string of the molecule is COc1ccc(C(=O)C2CC(C(=O)c3ccccc3)=C3C=C(c4cccs4)N=CN32)cc1. The number of allylic oxidation sites excluding steroid dienone is 1. The van der Waals surface area contributed by atoms with Gasteiger partial charge in [-0.3, -0.25) is 9.59 Å². The zero-order valence-corrected chi connectivity index (χ0v) is 18.2. The lowest BCUT2D eigenvalue weighted by atomic mass is 9.95. The van der Waals surface area contributed by atoms with E-state index in [2.05, 4.69) is 4.99 Å². The number of ether oxygens (including phenoxy) is 1. The van der Waals surface area contributed by atoms with Crippen LogP contribution in [0.2, 0.25) is 0 Å². The molecule has 3 aromatic rings. The molecule has 32 heavy (non-hydrogen) atoms. The molecule has 2 aliphatic heterocycles. The van der Waals surface area contributed by atoms with E-state index in [0.29, 0.717) is 28.9 Å². The summed E-state index contributed by atoms with van der Waals surface area (Å²) >= 11 is 1.59. The number of hydrogen-bond acceptors (Lipinski definition) is 6. The molecule has 0 radical (unpaired) electrons. The van der Waals surface area contributed by atoms with Crippen LogP contribution in [-0.2, 0) is 0 Å². The van der Waals surface area contributed by atoms with Gasteiger partial charge in [0, 0.05) is 23.1 Å². The molecule has 0 saturated carbocycles. The summed E-state index contributed by atoms with van der Waals surface area (Å²) in [6.45, 7) is 0. The van der Waals surface area contributed by atoms with Gasteiger partial charge in [-0.1, -0.05) is 36.4 Å². The Labute approximate surface area is 190 Å². The number of benzene rings is 2. The van der Waals surface area contributed by atoms with Crippen molar-refractivity contribution in [3.63, 3.8) is 0 Å². The molecule has 2 aromatic carbocycles. The zero-order chi connectivity index (χ0) is 22.1. The molecule has 6 heteroatoms. The Hall–Kier alpha value is -3.77. The van der Waals surface area contributed by atoms with Crippen molar-refractivity contribution in [1.29, 1.82) is 0 Å². The number of carbonyl (C=O) groups excluding carboxylic acids is 2. The van der Waals surface area contributed by atoms with Crippen LogP contribution in [0.25, 0.3) is 5.70 Å². The van der Waals surface area contributed by atoms with Crippen molar-refractivity contribution in [2.45, 2.75) is 12.5 Å². The highest BCUT2D eigenvalue weighted by atomic mass is 32.1. The Morgan fingerprint density at radius 2 is 1.78 bits per heavy atom. The first-order chi connectivity index (χ1) is 15.7. The van der Waals surface area contributed by atoms with Crippen LogP contribution in [0.1, 0.15) is 32.0 Å². The second kappa shape index (κ2) is 8.40. The number of nitrogens with zero attached hydrogens (tertiary/aromatic N) is 2. The van der Waals surface area contributed by atoms with E-state index in [-0.39, 0.29) is 11.6 Å². The number of hydrogen-bond donors (Lipinski definition) is 0. The fraction of sp³-hybridized carbons (Fsp3) is 0.115. The number of thiophene rings is 1. The third kappa shape index (κ3) is 3.59. The van der Waals surface area contributed by atoms with Gasteiger partial charge < -0.3 is 9.64 Å². The van der Waals surface area contributed by atoms with Crippen molar-refractivity contribution < 1.29 is 14.3 Å². The van der Waals surface area contributed by atoms with E-state index in [1.165, 1.54) is 0 Å². The lowest BCUT2D eigenvalue weighted by Gasteiger charge is -2.26. The lowest BCUT2D eigenvalue weighted by Crippen LogP contribution is -2.36. The molecule has 0 fully saturated rings. The number of carbonyl (C=O) groups is 2. The van der Waals surface area contributed by atoms with Crippen molar-refractivity contribution in [1.82, 2.24) is 4.90 Å². The van der Waals surface area contributed by atoms with Crippen molar-refractivity contribution in [2.24, 2.45) is 4.99 Å². The minimum Gasteiger partial charge on any atom is -0.497 e. The molecule has 1 unspecified atom stereocenters. The van der Waals surface area contributed by atoms with E-state index >= 15 is 0 Å². The monoisotopic (exact) mass is 440 g/mol. The van der Waals surface area contributed by atoms with Gasteiger partial charge in [0.1, 0.15) is 11.8 Å². The normalized spacial score (nSPS) is 17.2. The summed E-state index contributed by atoms with van der Waals surface area (Å²) in [4.78, 5) is 34.3. The Bertz CT molecular complexity index is 1260. The number of methoxy groups -OCH3 is 1. The largest absolute Gasteiger partial charge is 0.497 e. The highest BCUT2D eigenvalue weighted by molar-refractivity contribution is 7.11. The fourth-order valence-corrected chi connectivity index (χ4v) is 4.71. The third-order valence-corrected chi connectivity index (χ3v) is 6.57. The minimum atomic E-state index is -0.522. The van der Waals surface area contributed by atoms with Crippen LogP contribution in [0.15, 0.2) is 94.4 Å². The van der Waals surface area contributed by atoms with E-state index in [0.717, 1.165) is 16.3 Å². The Kier molecular flexibility index (Phi) is 5.29. The first-order valence-electron chi connectivity index (χ1n) is 10.2. The van der Waals surface area contributed by atoms with E-state index in [4.69, 9.17) is 4.74 Å². The van der Waals surface area contributed by atoms with Crippen LogP contribution in [0.4, 0.5) is 0 Å². The topological polar surface area (TPSA) is 59.0 Å². The van der Waals surface area contributed by atoms with E-state index in [1.807, 2.05) is 46.7 Å². The molecule has 0 aliphatic carbocycles. The van der Waals surface area contributed by atoms with Gasteiger partial charge in [0.05, 0.1) is 29.7 Å². The third-order valence-electron chi connectivity index (χ3n) is 5.68. The van der Waals surface area contributed by atoms with Crippen LogP contribution < -0.4 is 4.74 Å². The fourth-order valence-electron chi connectivity index (χ4n) is 4.01. The molecular formula is C26H20N2O3S. The summed E-state index contributed by atoms with van der Waals surface area (Å²) in [7, 11) is 1.59. The van der Waals surface area contributed by atoms with Crippen molar-refractivity contribution in [3.05, 3.63) is 105 Å². The van der Waals surface area contributed by atoms with Crippen LogP contribution in [0, 0.1) is 0 Å². The van der Waals surface area contributed by atoms with Crippen molar-refractivity contribution >= 4 is 34.9 Å². The van der Waals surface area contributed by atoms with Gasteiger partial charge in [-0.05, 0) is 41.8 Å². The molecule has 158 valence electrons. The van der Waals surface area contributed by atoms with Gasteiger partial charge in [-0.25, -0.2) is 4.99 Å². The van der Waals surface area contributed by atoms with E-state index < -0.39 is 6.04 Å². The molecule has 0 N–H and O–H groups in total. The number of Topliss-reactive ketones (excluding diaryl/α,β-unsaturated/α-hetero) is 2. The highest BCUT2D eigenvalue weighted by Crippen LogP contribution is 2.37. The number of fused-ring (bicyclic) bond motifs is 1. The van der Waals surface area contributed by atoms with E-state index in [9.17, 15) is 9.59 Å². The average molecular weight is 441 g/mol. The molecule has 5 nitrogen and oxygen atoms in total. The van der Waals surface area contributed by atoms with Gasteiger partial charge in [0.2, 0.25) is 0 Å². The van der Waals surface area contributed by atoms with E-state index in [1.54, 1.807) is 61.2 Å². The van der Waals surface area contributed by atoms with Gasteiger partial charge >= 0.3 is 0 Å². The maximum atomic E-state index is 13.4. The molecular weight excluding hydrogens is 420 g/mol. The minimum absolute atomic E-state index is 0.0551. The summed E-state index contributed by atoms with van der Waals surface area (Å²) in [6.07, 6.45) is 3.93. The maximum absolute atomic E-state index is 13.4. The van der Waals surface area contributed by atoms with Crippen molar-refractivity contribution in [2.75, 3.05) is 7.11 Å². The van der Waals surface area contributed by atoms with Crippen LogP contribution in [-0.4, -0.2) is 36.0 Å². The van der Waals surface area contributed by atoms with Crippen LogP contribution in [0.5, 0.6) is 5.75 Å². The smallest absolute Gasteiger partial charge is 0.191 e. The molecule has 0 spiro atoms. The predicted molar refractivity (Wildman–Crippen MR) is 126 cm³/mol. The number of ketones is 2. The average Bonchev–Trinajstić information content (AvgIpc) is 3.52. The zero-order valence-electron chi connectivity index (χ0n) is 17.4. The molecule has 1 aromatic heterocycles. The highest BCUT2D eigenvalue weighted by Gasteiger charge is 2.39. The lowest BCUT2D eigenvalue weighted by molar-refractivity contribution is 0.0918. The predicted octanol–water partition coefficient (Wildman–Crippen LogP) is 5.23. The Morgan fingerprint density at radius 1 is 1.00 bits per heavy atom. The molecule has 0 saturated heterocycles. The Morgan fingerprint density at radius 3 is 2.47 bits per heavy atom. The van der Waals surface area contributed by atoms with Crippen LogP contribution >= 0.6 is 11.3 Å². The second-order valence-electron chi connectivity index (χ2n) is 7.53. The summed E-state index contributed by atoms with van der Waals surface area (Å²) in [5.74, 6) is 0.572. The number of aliphatic imine (C=N–C) groups is 1. The quantitative estimate of drug-likeness (QED) is 0.492. The second-order valence-corrected chi connectivity index (χ2v) is 8.48. The van der Waals surface area contributed by atoms with Crippen molar-refractivity contribution in [3.8, 4) is 5.75 Å². The first-order valence-corrected chi connectivity index (χ1v) is 11.1. The van der Waals surface area contributed by atoms with Crippen LogP contribution in [0.3, 0.4) is 0 Å². The maximum Gasteiger partial charge on any atom is 0.191 e. The number of rotatable bonds is 6. The summed E-state index contributed by atoms with van der Waals surface area (Å²) in [5.41, 5.74) is 3.35. The van der Waals surface area contributed by atoms with Gasteiger partial charge in [0.25, 0.3) is 0 Å². The Balaban J connectivity index is 1.53. The molecule has 0 bridgehead atoms. The van der Waals surface area contributed by atoms with Gasteiger partial charge in [-0.2, -0.15) is 0 Å². The molecule has 1 atom stereocenters. The van der Waals surface area contributed by atoms with Gasteiger partial charge in [0.15, 0.2) is 11.6 Å². The molecule has 3 heterocycles. The standard InChI is InChI=1S/C26H20N2O3S/c1-31-19-11-9-18(10-12-19)26(30)23-14-20(25(29)17-6-3-2-4-7-17)22-15-21(27-16-28(22)23)24-8-5-13-32-24/h2-13,15-16,23H,14H2,1H3. The molecule has 5 rings (SSSR count). The molecule has 0 amide bonds. The summed E-state index contributed by atoms with van der Waals surface area (Å²) in [5, 5.41) is 1.99. The molecule has 2 aliphatic rings. The summed E-state index contributed by atoms with van der Waals surface area (Å²) < 4.78 is 5.20. The first kappa shape index (κ1) is 20.2. The summed E-state index contributed by atoms with van der Waals surface area (Å²) in [6, 6.07) is 19.7. The van der Waals surface area contributed by atoms with Gasteiger partial charge in [-0.15, -0.1) is 11.3 Å².